The molecule has 5 nitrogen and oxygen atoms in total. The van der Waals surface area contributed by atoms with Crippen molar-refractivity contribution < 1.29 is 23.5 Å². The van der Waals surface area contributed by atoms with Crippen LogP contribution in [0.15, 0.2) is 52.3 Å². The highest BCUT2D eigenvalue weighted by Gasteiger charge is 2.24. The Balaban J connectivity index is 1.67. The molecule has 1 N–H and O–H groups in total. The van der Waals surface area contributed by atoms with E-state index in [1.165, 1.54) is 29.5 Å². The molecule has 4 rings (SSSR count). The normalized spacial score (nSPS) is 11.1. The molecule has 2 aromatic heterocycles. The number of carboxylic acids is 1. The van der Waals surface area contributed by atoms with Crippen LogP contribution >= 0.6 is 22.9 Å². The Bertz CT molecular complexity index is 1210. The Kier molecular flexibility index (Phi) is 4.70. The van der Waals surface area contributed by atoms with Crippen molar-refractivity contribution in [2.45, 2.75) is 6.42 Å². The Hall–Kier alpha value is -3.03. The lowest BCUT2D eigenvalue weighted by Crippen LogP contribution is -2.07. The predicted molar refractivity (Wildman–Crippen MR) is 104 cm³/mol. The second kappa shape index (κ2) is 7.18. The number of rotatable bonds is 5. The number of thiophene rings is 1. The summed E-state index contributed by atoms with van der Waals surface area (Å²) >= 11 is 7.06. The van der Waals surface area contributed by atoms with Gasteiger partial charge < -0.3 is 9.52 Å². The summed E-state index contributed by atoms with van der Waals surface area (Å²) in [4.78, 5) is 28.8. The molecular formula is C20H11ClFNO4S. The standard InChI is InChI=1S/C20H11ClFNO4S/c21-11-3-1-10(2-4-11)13-9-28-17(18(13)20(25)26)8-15(24)19-23-14-7-12(22)5-6-16(14)27-19/h1-7,9H,8H2,(H,25,26). The first-order valence-corrected chi connectivity index (χ1v) is 9.37. The molecular weight excluding hydrogens is 405 g/mol. The smallest absolute Gasteiger partial charge is 0.337 e. The van der Waals surface area contributed by atoms with Crippen LogP contribution in [-0.4, -0.2) is 21.8 Å². The number of carbonyl (C=O) groups is 2. The molecule has 0 radical (unpaired) electrons. The maximum absolute atomic E-state index is 13.3. The largest absolute Gasteiger partial charge is 0.478 e. The predicted octanol–water partition coefficient (Wildman–Crippen LogP) is 5.47. The minimum atomic E-state index is -1.13. The summed E-state index contributed by atoms with van der Waals surface area (Å²) in [6, 6.07) is 10.5. The number of benzene rings is 2. The van der Waals surface area contributed by atoms with E-state index in [9.17, 15) is 19.1 Å². The number of oxazole rings is 1. The van der Waals surface area contributed by atoms with E-state index >= 15 is 0 Å². The highest BCUT2D eigenvalue weighted by atomic mass is 35.5. The first kappa shape index (κ1) is 18.3. The van der Waals surface area contributed by atoms with Crippen molar-refractivity contribution in [3.05, 3.63) is 75.0 Å². The van der Waals surface area contributed by atoms with Crippen molar-refractivity contribution in [2.24, 2.45) is 0 Å². The molecule has 28 heavy (non-hydrogen) atoms. The van der Waals surface area contributed by atoms with Crippen LogP contribution in [0, 0.1) is 5.82 Å². The lowest BCUT2D eigenvalue weighted by Gasteiger charge is -2.03. The molecule has 4 aromatic rings. The molecule has 0 aliphatic heterocycles. The molecule has 0 atom stereocenters. The van der Waals surface area contributed by atoms with Gasteiger partial charge in [0.05, 0.1) is 12.0 Å². The molecule has 0 saturated heterocycles. The van der Waals surface area contributed by atoms with Gasteiger partial charge in [-0.3, -0.25) is 4.79 Å². The van der Waals surface area contributed by atoms with Gasteiger partial charge in [-0.2, -0.15) is 0 Å². The highest BCUT2D eigenvalue weighted by molar-refractivity contribution is 7.11. The third-order valence-corrected chi connectivity index (χ3v) is 5.38. The van der Waals surface area contributed by atoms with Crippen LogP contribution in [0.25, 0.3) is 22.2 Å². The first-order chi connectivity index (χ1) is 13.4. The quantitative estimate of drug-likeness (QED) is 0.437. The van der Waals surface area contributed by atoms with Crippen LogP contribution in [0.4, 0.5) is 4.39 Å². The minimum absolute atomic E-state index is 0.0582. The van der Waals surface area contributed by atoms with Gasteiger partial charge >= 0.3 is 5.97 Å². The number of halogens is 2. The summed E-state index contributed by atoms with van der Waals surface area (Å²) in [5.74, 6) is -2.28. The zero-order chi connectivity index (χ0) is 19.8. The summed E-state index contributed by atoms with van der Waals surface area (Å²) in [5.41, 5.74) is 1.78. The van der Waals surface area contributed by atoms with Gasteiger partial charge in [0.15, 0.2) is 5.58 Å². The van der Waals surface area contributed by atoms with Crippen LogP contribution in [0.3, 0.4) is 0 Å². The van der Waals surface area contributed by atoms with Gasteiger partial charge in [0.2, 0.25) is 5.78 Å². The topological polar surface area (TPSA) is 80.4 Å². The molecule has 0 amide bonds. The van der Waals surface area contributed by atoms with E-state index in [1.807, 2.05) is 0 Å². The van der Waals surface area contributed by atoms with Gasteiger partial charge in [-0.05, 0) is 35.2 Å². The summed E-state index contributed by atoms with van der Waals surface area (Å²) < 4.78 is 18.7. The van der Waals surface area contributed by atoms with Crippen molar-refractivity contribution in [1.29, 1.82) is 0 Å². The van der Waals surface area contributed by atoms with E-state index in [-0.39, 0.29) is 29.0 Å². The third kappa shape index (κ3) is 3.42. The zero-order valence-electron chi connectivity index (χ0n) is 14.1. The number of carbonyl (C=O) groups excluding carboxylic acids is 1. The molecule has 0 bridgehead atoms. The summed E-state index contributed by atoms with van der Waals surface area (Å²) in [6.07, 6.45) is -0.185. The van der Waals surface area contributed by atoms with Crippen LogP contribution in [0.2, 0.25) is 5.02 Å². The fraction of sp³-hybridized carbons (Fsp3) is 0.0500. The SMILES string of the molecule is O=C(Cc1scc(-c2ccc(Cl)cc2)c1C(=O)O)c1nc2cc(F)ccc2o1. The van der Waals surface area contributed by atoms with Crippen molar-refractivity contribution >= 4 is 45.8 Å². The zero-order valence-corrected chi connectivity index (χ0v) is 15.7. The second-order valence-corrected chi connectivity index (χ2v) is 7.39. The van der Waals surface area contributed by atoms with E-state index < -0.39 is 17.6 Å². The summed E-state index contributed by atoms with van der Waals surface area (Å²) in [5, 5.41) is 11.9. The van der Waals surface area contributed by atoms with E-state index in [4.69, 9.17) is 16.0 Å². The monoisotopic (exact) mass is 415 g/mol. The van der Waals surface area contributed by atoms with Gasteiger partial charge in [-0.1, -0.05) is 23.7 Å². The van der Waals surface area contributed by atoms with Gasteiger partial charge in [-0.25, -0.2) is 14.2 Å². The molecule has 0 aliphatic rings. The number of hydrogen-bond acceptors (Lipinski definition) is 5. The lowest BCUT2D eigenvalue weighted by molar-refractivity contribution is 0.0697. The average molecular weight is 416 g/mol. The van der Waals surface area contributed by atoms with Crippen molar-refractivity contribution in [1.82, 2.24) is 4.98 Å². The number of Topliss-reactive ketones (excluding diaryl/α,β-unsaturated/α-hetero) is 1. The highest BCUT2D eigenvalue weighted by Crippen LogP contribution is 2.33. The third-order valence-electron chi connectivity index (χ3n) is 4.15. The molecule has 0 aliphatic carbocycles. The van der Waals surface area contributed by atoms with E-state index in [1.54, 1.807) is 29.6 Å². The number of hydrogen-bond donors (Lipinski definition) is 1. The molecule has 0 spiro atoms. The average Bonchev–Trinajstić information content (AvgIpc) is 3.26. The molecule has 140 valence electrons. The molecule has 0 unspecified atom stereocenters. The van der Waals surface area contributed by atoms with Crippen LogP contribution in [0.1, 0.15) is 25.9 Å². The summed E-state index contributed by atoms with van der Waals surface area (Å²) in [6.45, 7) is 0. The number of aromatic carboxylic acids is 1. The van der Waals surface area contributed by atoms with Crippen molar-refractivity contribution in [2.75, 3.05) is 0 Å². The summed E-state index contributed by atoms with van der Waals surface area (Å²) in [7, 11) is 0. The number of nitrogens with zero attached hydrogens (tertiary/aromatic N) is 1. The fourth-order valence-corrected chi connectivity index (χ4v) is 4.02. The van der Waals surface area contributed by atoms with Crippen LogP contribution < -0.4 is 0 Å². The molecule has 0 saturated carbocycles. The number of aromatic nitrogens is 1. The molecule has 2 aromatic carbocycles. The number of carboxylic acid groups (broad SMARTS) is 1. The Morgan fingerprint density at radius 3 is 2.64 bits per heavy atom. The number of ketones is 1. The van der Waals surface area contributed by atoms with Crippen LogP contribution in [-0.2, 0) is 6.42 Å². The fourth-order valence-electron chi connectivity index (χ4n) is 2.85. The van der Waals surface area contributed by atoms with Crippen molar-refractivity contribution in [3.8, 4) is 11.1 Å². The maximum Gasteiger partial charge on any atom is 0.337 e. The minimum Gasteiger partial charge on any atom is -0.478 e. The van der Waals surface area contributed by atoms with Crippen LogP contribution in [0.5, 0.6) is 0 Å². The van der Waals surface area contributed by atoms with Gasteiger partial charge in [-0.15, -0.1) is 11.3 Å². The van der Waals surface area contributed by atoms with Gasteiger partial charge in [0.25, 0.3) is 5.89 Å². The number of fused-ring (bicyclic) bond motifs is 1. The Labute approximate surface area is 167 Å². The molecule has 0 fully saturated rings. The van der Waals surface area contributed by atoms with Crippen molar-refractivity contribution in [3.63, 3.8) is 0 Å². The molecule has 2 heterocycles. The lowest BCUT2D eigenvalue weighted by atomic mass is 10.0. The van der Waals surface area contributed by atoms with Gasteiger partial charge in [0, 0.05) is 21.5 Å². The first-order valence-electron chi connectivity index (χ1n) is 8.11. The Morgan fingerprint density at radius 1 is 1.18 bits per heavy atom. The van der Waals surface area contributed by atoms with Gasteiger partial charge in [0.1, 0.15) is 11.3 Å². The van der Waals surface area contributed by atoms with E-state index in [0.29, 0.717) is 21.0 Å². The van der Waals surface area contributed by atoms with E-state index in [2.05, 4.69) is 4.98 Å². The Morgan fingerprint density at radius 2 is 1.93 bits per heavy atom. The molecule has 8 heteroatoms. The van der Waals surface area contributed by atoms with E-state index in [0.717, 1.165) is 0 Å². The maximum atomic E-state index is 13.3. The second-order valence-electron chi connectivity index (χ2n) is 5.99.